The zero-order chi connectivity index (χ0) is 17.1. The van der Waals surface area contributed by atoms with Gasteiger partial charge < -0.3 is 15.2 Å². The second-order valence-corrected chi connectivity index (χ2v) is 7.26. The molecule has 0 radical (unpaired) electrons. The molecule has 0 bridgehead atoms. The molecule has 2 aliphatic rings. The number of aliphatic hydroxyl groups is 1. The number of carbonyl (C=O) groups is 1. The molecular weight excluding hydrogens is 304 g/mol. The Balaban J connectivity index is 1.57. The maximum Gasteiger partial charge on any atom is 0.251 e. The number of fused-ring (bicyclic) bond motifs is 1. The lowest BCUT2D eigenvalue weighted by molar-refractivity contribution is -0.0566. The molecule has 3 atom stereocenters. The Morgan fingerprint density at radius 1 is 1.42 bits per heavy atom. The van der Waals surface area contributed by atoms with Crippen LogP contribution in [0.4, 0.5) is 0 Å². The number of hydrogen-bond acceptors (Lipinski definition) is 4. The molecule has 24 heavy (non-hydrogen) atoms. The van der Waals surface area contributed by atoms with E-state index in [1.54, 1.807) is 0 Å². The summed E-state index contributed by atoms with van der Waals surface area (Å²) in [5.41, 5.74) is 1.92. The van der Waals surface area contributed by atoms with Gasteiger partial charge in [-0.15, -0.1) is 0 Å². The van der Waals surface area contributed by atoms with Crippen molar-refractivity contribution >= 4 is 5.91 Å². The topological polar surface area (TPSA) is 61.8 Å². The van der Waals surface area contributed by atoms with Gasteiger partial charge in [0.1, 0.15) is 0 Å². The zero-order valence-corrected chi connectivity index (χ0v) is 14.6. The molecule has 3 rings (SSSR count). The summed E-state index contributed by atoms with van der Waals surface area (Å²) in [5, 5.41) is 12.2. The van der Waals surface area contributed by atoms with Crippen LogP contribution in [0, 0.1) is 0 Å². The van der Waals surface area contributed by atoms with Gasteiger partial charge in [0, 0.05) is 37.3 Å². The molecule has 2 saturated heterocycles. The van der Waals surface area contributed by atoms with Crippen molar-refractivity contribution in [3.05, 3.63) is 35.4 Å². The van der Waals surface area contributed by atoms with Crippen LogP contribution in [0.3, 0.4) is 0 Å². The lowest BCUT2D eigenvalue weighted by Gasteiger charge is -2.34. The number of carbonyl (C=O) groups excluding carboxylic acids is 1. The summed E-state index contributed by atoms with van der Waals surface area (Å²) in [7, 11) is 0. The first-order chi connectivity index (χ1) is 11.6. The van der Waals surface area contributed by atoms with E-state index in [4.69, 9.17) is 9.84 Å². The summed E-state index contributed by atoms with van der Waals surface area (Å²) in [5.74, 6) is 0.425. The van der Waals surface area contributed by atoms with E-state index < -0.39 is 0 Å². The summed E-state index contributed by atoms with van der Waals surface area (Å²) in [6, 6.07) is 8.44. The molecule has 0 unspecified atom stereocenters. The number of benzene rings is 1. The summed E-state index contributed by atoms with van der Waals surface area (Å²) in [4.78, 5) is 14.9. The first-order valence-corrected chi connectivity index (χ1v) is 8.94. The van der Waals surface area contributed by atoms with Crippen molar-refractivity contribution < 1.29 is 14.6 Å². The third-order valence-corrected chi connectivity index (χ3v) is 5.09. The van der Waals surface area contributed by atoms with Crippen molar-refractivity contribution in [2.75, 3.05) is 26.3 Å². The highest BCUT2D eigenvalue weighted by molar-refractivity contribution is 5.94. The normalized spacial score (nSPS) is 27.2. The molecule has 0 aromatic heterocycles. The van der Waals surface area contributed by atoms with Crippen LogP contribution in [-0.2, 0) is 4.74 Å². The first kappa shape index (κ1) is 17.4. The minimum Gasteiger partial charge on any atom is -0.396 e. The monoisotopic (exact) mass is 332 g/mol. The maximum absolute atomic E-state index is 12.6. The zero-order valence-electron chi connectivity index (χ0n) is 14.6. The summed E-state index contributed by atoms with van der Waals surface area (Å²) in [6.45, 7) is 6.84. The third-order valence-electron chi connectivity index (χ3n) is 5.09. The quantitative estimate of drug-likeness (QED) is 0.863. The van der Waals surface area contributed by atoms with Crippen LogP contribution in [0.15, 0.2) is 24.3 Å². The first-order valence-electron chi connectivity index (χ1n) is 8.94. The molecule has 0 saturated carbocycles. The second-order valence-electron chi connectivity index (χ2n) is 7.26. The Morgan fingerprint density at radius 2 is 2.25 bits per heavy atom. The lowest BCUT2D eigenvalue weighted by Crippen LogP contribution is -2.46. The van der Waals surface area contributed by atoms with E-state index in [1.807, 2.05) is 18.2 Å². The number of ether oxygens (including phenoxy) is 1. The van der Waals surface area contributed by atoms with Crippen molar-refractivity contribution in [1.82, 2.24) is 10.2 Å². The van der Waals surface area contributed by atoms with E-state index in [0.29, 0.717) is 25.0 Å². The van der Waals surface area contributed by atoms with Crippen LogP contribution >= 0.6 is 0 Å². The summed E-state index contributed by atoms with van der Waals surface area (Å²) >= 11 is 0. The number of hydrogen-bond donors (Lipinski definition) is 2. The molecule has 1 amide bonds. The Labute approximate surface area is 144 Å². The number of amides is 1. The van der Waals surface area contributed by atoms with Crippen molar-refractivity contribution in [1.29, 1.82) is 0 Å². The second kappa shape index (κ2) is 7.64. The Kier molecular flexibility index (Phi) is 5.54. The van der Waals surface area contributed by atoms with E-state index in [2.05, 4.69) is 30.1 Å². The number of nitrogens with zero attached hydrogens (tertiary/aromatic N) is 1. The standard InChI is InChI=1S/C19H28N2O3/c1-13(2)14-4-3-5-15(8-14)19(23)20-16-9-17-12-24-18(6-7-22)11-21(17)10-16/h3-5,8,13,16-18,22H,6-7,9-12H2,1-2H3,(H,20,23)/t16-,17+,18+/m1/s1. The van der Waals surface area contributed by atoms with Crippen molar-refractivity contribution in [3.63, 3.8) is 0 Å². The molecule has 5 nitrogen and oxygen atoms in total. The Morgan fingerprint density at radius 3 is 3.00 bits per heavy atom. The highest BCUT2D eigenvalue weighted by Gasteiger charge is 2.37. The van der Waals surface area contributed by atoms with Gasteiger partial charge in [-0.2, -0.15) is 0 Å². The fraction of sp³-hybridized carbons (Fsp3) is 0.632. The van der Waals surface area contributed by atoms with Crippen LogP contribution in [0.25, 0.3) is 0 Å². The van der Waals surface area contributed by atoms with Crippen LogP contribution in [0.2, 0.25) is 0 Å². The number of morpholine rings is 1. The molecule has 2 heterocycles. The molecular formula is C19H28N2O3. The van der Waals surface area contributed by atoms with Crippen molar-refractivity contribution in [2.45, 2.75) is 50.8 Å². The van der Waals surface area contributed by atoms with Crippen LogP contribution in [0.1, 0.15) is 48.5 Å². The van der Waals surface area contributed by atoms with Crippen molar-refractivity contribution in [2.24, 2.45) is 0 Å². The molecule has 2 aliphatic heterocycles. The largest absolute Gasteiger partial charge is 0.396 e. The van der Waals surface area contributed by atoms with Crippen molar-refractivity contribution in [3.8, 4) is 0 Å². The number of nitrogens with one attached hydrogen (secondary N) is 1. The fourth-order valence-corrected chi connectivity index (χ4v) is 3.67. The summed E-state index contributed by atoms with van der Waals surface area (Å²) in [6.07, 6.45) is 1.73. The SMILES string of the molecule is CC(C)c1cccc(C(=O)N[C@@H]2C[C@H]3CO[C@@H](CCO)CN3C2)c1. The van der Waals surface area contributed by atoms with Crippen LogP contribution in [-0.4, -0.2) is 60.4 Å². The van der Waals surface area contributed by atoms with E-state index in [0.717, 1.165) is 25.1 Å². The average Bonchev–Trinajstić information content (AvgIpc) is 2.96. The minimum atomic E-state index is 0.00942. The van der Waals surface area contributed by atoms with E-state index >= 15 is 0 Å². The molecule has 1 aromatic carbocycles. The third kappa shape index (κ3) is 3.97. The Bertz CT molecular complexity index is 575. The Hall–Kier alpha value is -1.43. The van der Waals surface area contributed by atoms with E-state index in [-0.39, 0.29) is 24.7 Å². The molecule has 2 fully saturated rings. The van der Waals surface area contributed by atoms with Gasteiger partial charge >= 0.3 is 0 Å². The molecule has 2 N–H and O–H groups in total. The van der Waals surface area contributed by atoms with Gasteiger partial charge in [0.25, 0.3) is 5.91 Å². The van der Waals surface area contributed by atoms with Gasteiger partial charge in [-0.05, 0) is 36.5 Å². The highest BCUT2D eigenvalue weighted by Crippen LogP contribution is 2.24. The lowest BCUT2D eigenvalue weighted by atomic mass is 10.0. The molecule has 5 heteroatoms. The predicted molar refractivity (Wildman–Crippen MR) is 93.2 cm³/mol. The number of rotatable bonds is 5. The van der Waals surface area contributed by atoms with E-state index in [1.165, 1.54) is 5.56 Å². The predicted octanol–water partition coefficient (Wildman–Crippen LogP) is 1.76. The molecule has 0 spiro atoms. The molecule has 1 aromatic rings. The van der Waals surface area contributed by atoms with Gasteiger partial charge in [0.15, 0.2) is 0 Å². The fourth-order valence-electron chi connectivity index (χ4n) is 3.67. The minimum absolute atomic E-state index is 0.00942. The smallest absolute Gasteiger partial charge is 0.251 e. The van der Waals surface area contributed by atoms with Gasteiger partial charge in [-0.3, -0.25) is 9.69 Å². The average molecular weight is 332 g/mol. The molecule has 132 valence electrons. The maximum atomic E-state index is 12.6. The molecule has 0 aliphatic carbocycles. The highest BCUT2D eigenvalue weighted by atomic mass is 16.5. The van der Waals surface area contributed by atoms with Gasteiger partial charge in [0.2, 0.25) is 0 Å². The van der Waals surface area contributed by atoms with Gasteiger partial charge in [-0.1, -0.05) is 26.0 Å². The van der Waals surface area contributed by atoms with Crippen LogP contribution < -0.4 is 5.32 Å². The van der Waals surface area contributed by atoms with E-state index in [9.17, 15) is 4.79 Å². The number of aliphatic hydroxyl groups excluding tert-OH is 1. The van der Waals surface area contributed by atoms with Gasteiger partial charge in [-0.25, -0.2) is 0 Å². The van der Waals surface area contributed by atoms with Crippen LogP contribution in [0.5, 0.6) is 0 Å². The van der Waals surface area contributed by atoms with Gasteiger partial charge in [0.05, 0.1) is 12.7 Å². The summed E-state index contributed by atoms with van der Waals surface area (Å²) < 4.78 is 5.80.